The molecule has 3 atom stereocenters. The van der Waals surface area contributed by atoms with Gasteiger partial charge >= 0.3 is 12.2 Å². The second kappa shape index (κ2) is 10.3. The highest BCUT2D eigenvalue weighted by Gasteiger charge is 2.52. The van der Waals surface area contributed by atoms with E-state index in [1.807, 2.05) is 6.07 Å². The number of hydrogen-bond acceptors (Lipinski definition) is 4. The molecule has 2 aromatic rings. The minimum absolute atomic E-state index is 0.0900. The van der Waals surface area contributed by atoms with Crippen LogP contribution in [0.25, 0.3) is 0 Å². The van der Waals surface area contributed by atoms with Crippen LogP contribution in [0.3, 0.4) is 0 Å². The van der Waals surface area contributed by atoms with Gasteiger partial charge in [-0.05, 0) is 86.9 Å². The molecule has 38 heavy (non-hydrogen) atoms. The first kappa shape index (κ1) is 26.6. The molecule has 10 heteroatoms. The van der Waals surface area contributed by atoms with E-state index in [9.17, 15) is 22.4 Å². The smallest absolute Gasteiger partial charge is 0.416 e. The fourth-order valence-corrected chi connectivity index (χ4v) is 6.29. The Balaban J connectivity index is 1.33. The molecule has 6 nitrogen and oxygen atoms in total. The number of benzene rings is 2. The number of fused-ring (bicyclic) bond motifs is 1. The Morgan fingerprint density at radius 2 is 1.82 bits per heavy atom. The van der Waals surface area contributed by atoms with Crippen LogP contribution < -0.4 is 20.1 Å². The number of nitrogens with one attached hydrogen (secondary N) is 2. The topological polar surface area (TPSA) is 62.8 Å². The fourth-order valence-electron chi connectivity index (χ4n) is 6.29. The summed E-state index contributed by atoms with van der Waals surface area (Å²) in [5.41, 5.74) is -0.276. The van der Waals surface area contributed by atoms with Crippen molar-refractivity contribution in [3.63, 3.8) is 0 Å². The number of hydrogen-bond donors (Lipinski definition) is 2. The van der Waals surface area contributed by atoms with Crippen LogP contribution in [0.2, 0.25) is 0 Å². The predicted octanol–water partition coefficient (Wildman–Crippen LogP) is 5.96. The van der Waals surface area contributed by atoms with E-state index in [0.29, 0.717) is 36.3 Å². The molecule has 0 spiro atoms. The van der Waals surface area contributed by atoms with Crippen LogP contribution in [0, 0.1) is 11.7 Å². The average molecular weight is 536 g/mol. The lowest BCUT2D eigenvalue weighted by atomic mass is 9.65. The van der Waals surface area contributed by atoms with Gasteiger partial charge in [0.25, 0.3) is 0 Å². The van der Waals surface area contributed by atoms with Crippen LogP contribution in [0.5, 0.6) is 11.5 Å². The Hall–Kier alpha value is -3.01. The van der Waals surface area contributed by atoms with Crippen LogP contribution in [-0.4, -0.2) is 50.3 Å². The van der Waals surface area contributed by atoms with Crippen molar-refractivity contribution in [1.82, 2.24) is 10.2 Å². The fraction of sp³-hybridized carbons (Fsp3) is 0.536. The number of halogens is 4. The second-order valence-corrected chi connectivity index (χ2v) is 10.7. The lowest BCUT2D eigenvalue weighted by molar-refractivity contribution is -0.137. The summed E-state index contributed by atoms with van der Waals surface area (Å²) in [4.78, 5) is 15.3. The molecule has 1 heterocycles. The number of carbonyl (C=O) groups is 1. The number of carbonyl (C=O) groups excluding carboxylic acids is 1. The molecule has 5 rings (SSSR count). The molecule has 2 N–H and O–H groups in total. The molecule has 3 fully saturated rings. The number of urea groups is 1. The number of ether oxygens (including phenoxy) is 2. The highest BCUT2D eigenvalue weighted by molar-refractivity contribution is 5.89. The van der Waals surface area contributed by atoms with Gasteiger partial charge in [-0.3, -0.25) is 4.90 Å². The third-order valence-electron chi connectivity index (χ3n) is 8.34. The molecular formula is C28H33F4N3O3. The van der Waals surface area contributed by atoms with Crippen molar-refractivity contribution in [1.29, 1.82) is 0 Å². The van der Waals surface area contributed by atoms with Gasteiger partial charge in [0, 0.05) is 29.7 Å². The summed E-state index contributed by atoms with van der Waals surface area (Å²) in [5, 5.41) is 5.32. The van der Waals surface area contributed by atoms with E-state index in [4.69, 9.17) is 9.47 Å². The molecule has 1 aliphatic heterocycles. The minimum atomic E-state index is -4.71. The lowest BCUT2D eigenvalue weighted by Gasteiger charge is -2.45. The maximum Gasteiger partial charge on any atom is 0.416 e. The Bertz CT molecular complexity index is 1190. The number of likely N-dealkylation sites (tertiary alicyclic amines) is 1. The quantitative estimate of drug-likeness (QED) is 0.430. The van der Waals surface area contributed by atoms with E-state index >= 15 is 0 Å². The number of nitrogens with zero attached hydrogens (tertiary/aromatic N) is 1. The van der Waals surface area contributed by atoms with Crippen LogP contribution in [0.4, 0.5) is 28.0 Å². The zero-order valence-corrected chi connectivity index (χ0v) is 21.5. The summed E-state index contributed by atoms with van der Waals surface area (Å²) in [6.45, 7) is 2.00. The van der Waals surface area contributed by atoms with Crippen molar-refractivity contribution < 1.29 is 31.8 Å². The molecule has 0 aromatic heterocycles. The normalized spacial score (nSPS) is 25.5. The highest BCUT2D eigenvalue weighted by atomic mass is 19.4. The molecule has 0 unspecified atom stereocenters. The first-order chi connectivity index (χ1) is 18.1. The van der Waals surface area contributed by atoms with Gasteiger partial charge in [0.15, 0.2) is 11.5 Å². The molecule has 0 radical (unpaired) electrons. The number of methoxy groups -OCH3 is 2. The van der Waals surface area contributed by atoms with Gasteiger partial charge < -0.3 is 20.1 Å². The molecule has 2 saturated carbocycles. The van der Waals surface area contributed by atoms with Gasteiger partial charge in [-0.1, -0.05) is 6.07 Å². The summed E-state index contributed by atoms with van der Waals surface area (Å²) in [6, 6.07) is 7.54. The van der Waals surface area contributed by atoms with Crippen molar-refractivity contribution in [2.75, 3.05) is 32.6 Å². The first-order valence-electron chi connectivity index (χ1n) is 13.0. The Morgan fingerprint density at radius 3 is 2.50 bits per heavy atom. The van der Waals surface area contributed by atoms with E-state index in [1.54, 1.807) is 14.2 Å². The Morgan fingerprint density at radius 1 is 1.05 bits per heavy atom. The highest BCUT2D eigenvalue weighted by Crippen LogP contribution is 2.51. The van der Waals surface area contributed by atoms with Gasteiger partial charge in [-0.2, -0.15) is 13.2 Å². The van der Waals surface area contributed by atoms with Gasteiger partial charge in [0.1, 0.15) is 5.82 Å². The molecule has 0 bridgehead atoms. The molecule has 3 aliphatic rings. The number of anilines is 1. The molecule has 2 aromatic carbocycles. The van der Waals surface area contributed by atoms with Crippen molar-refractivity contribution in [2.24, 2.45) is 5.92 Å². The summed E-state index contributed by atoms with van der Waals surface area (Å²) < 4.78 is 64.0. The van der Waals surface area contributed by atoms with Crippen LogP contribution in [0.15, 0.2) is 36.4 Å². The summed E-state index contributed by atoms with van der Waals surface area (Å²) >= 11 is 0. The average Bonchev–Trinajstić information content (AvgIpc) is 3.62. The molecule has 2 amide bonds. The standard InChI is InChI=1S/C28H33F4N3O3/c1-37-23-6-5-18(13-24(23)38-2)27-8-7-21(15-25(27)35(10-9-27)16-17-3-4-17)33-26(36)34-22-12-19(28(30,31)32)11-20(29)14-22/h5-6,11-14,17,21,25H,3-4,7-10,15-16H2,1-2H3,(H2,33,34,36)/t21-,25+,27-/m0/s1. The van der Waals surface area contributed by atoms with E-state index in [2.05, 4.69) is 27.7 Å². The number of rotatable bonds is 7. The third kappa shape index (κ3) is 5.41. The maximum absolute atomic E-state index is 13.8. The van der Waals surface area contributed by atoms with E-state index in [1.165, 1.54) is 18.4 Å². The van der Waals surface area contributed by atoms with E-state index < -0.39 is 23.6 Å². The monoisotopic (exact) mass is 535 g/mol. The van der Waals surface area contributed by atoms with Crippen LogP contribution in [0.1, 0.15) is 49.7 Å². The van der Waals surface area contributed by atoms with Crippen LogP contribution >= 0.6 is 0 Å². The zero-order valence-electron chi connectivity index (χ0n) is 21.5. The minimum Gasteiger partial charge on any atom is -0.493 e. The van der Waals surface area contributed by atoms with Gasteiger partial charge in [-0.25, -0.2) is 9.18 Å². The lowest BCUT2D eigenvalue weighted by Crippen LogP contribution is -2.53. The number of alkyl halides is 3. The number of amides is 2. The zero-order chi connectivity index (χ0) is 27.1. The van der Waals surface area contributed by atoms with E-state index in [0.717, 1.165) is 38.1 Å². The molecule has 1 saturated heterocycles. The van der Waals surface area contributed by atoms with Gasteiger partial charge in [0.05, 0.1) is 19.8 Å². The molecule has 206 valence electrons. The van der Waals surface area contributed by atoms with Crippen molar-refractivity contribution in [3.8, 4) is 11.5 Å². The van der Waals surface area contributed by atoms with Gasteiger partial charge in [-0.15, -0.1) is 0 Å². The van der Waals surface area contributed by atoms with Crippen molar-refractivity contribution in [3.05, 3.63) is 53.3 Å². The largest absolute Gasteiger partial charge is 0.493 e. The summed E-state index contributed by atoms with van der Waals surface area (Å²) in [6.07, 6.45) is 1.05. The SMILES string of the molecule is COc1ccc([C@@]23CC[C@H](NC(=O)Nc4cc(F)cc(C(F)(F)F)c4)C[C@H]2N(CC2CC2)CC3)cc1OC. The summed E-state index contributed by atoms with van der Waals surface area (Å²) in [7, 11) is 3.24. The van der Waals surface area contributed by atoms with Crippen molar-refractivity contribution >= 4 is 11.7 Å². The van der Waals surface area contributed by atoms with Crippen molar-refractivity contribution in [2.45, 2.75) is 62.2 Å². The maximum atomic E-state index is 13.8. The van der Waals surface area contributed by atoms with E-state index in [-0.39, 0.29) is 23.2 Å². The molecular weight excluding hydrogens is 502 g/mol. The Labute approximate surface area is 219 Å². The Kier molecular flexibility index (Phi) is 7.19. The first-order valence-corrected chi connectivity index (χ1v) is 13.0. The predicted molar refractivity (Wildman–Crippen MR) is 135 cm³/mol. The third-order valence-corrected chi connectivity index (χ3v) is 8.34. The molecule has 2 aliphatic carbocycles. The van der Waals surface area contributed by atoms with Crippen LogP contribution in [-0.2, 0) is 11.6 Å². The summed E-state index contributed by atoms with van der Waals surface area (Å²) in [5.74, 6) is 1.01. The second-order valence-electron chi connectivity index (χ2n) is 10.7. The van der Waals surface area contributed by atoms with Gasteiger partial charge in [0.2, 0.25) is 0 Å².